The van der Waals surface area contributed by atoms with E-state index in [0.29, 0.717) is 27.0 Å². The number of benzene rings is 3. The van der Waals surface area contributed by atoms with Gasteiger partial charge in [-0.3, -0.25) is 9.36 Å². The molecule has 3 aromatic carbocycles. The predicted molar refractivity (Wildman–Crippen MR) is 123 cm³/mol. The summed E-state index contributed by atoms with van der Waals surface area (Å²) in [5.41, 5.74) is 4.22. The lowest BCUT2D eigenvalue weighted by Crippen LogP contribution is -2.22. The molecule has 0 fully saturated rings. The van der Waals surface area contributed by atoms with Gasteiger partial charge in [0.15, 0.2) is 5.16 Å². The van der Waals surface area contributed by atoms with Crippen molar-refractivity contribution >= 4 is 45.4 Å². The first-order chi connectivity index (χ1) is 14.6. The van der Waals surface area contributed by atoms with Crippen molar-refractivity contribution in [1.29, 1.82) is 0 Å². The lowest BCUT2D eigenvalue weighted by atomic mass is 10.2. The van der Waals surface area contributed by atoms with Crippen molar-refractivity contribution in [2.24, 2.45) is 0 Å². The number of hydrogen-bond donors (Lipinski definition) is 0. The zero-order valence-electron chi connectivity index (χ0n) is 16.1. The van der Waals surface area contributed by atoms with E-state index in [1.165, 1.54) is 11.8 Å². The average molecular weight is 433 g/mol. The molecule has 0 aliphatic rings. The number of fused-ring (bicyclic) bond motifs is 3. The highest BCUT2D eigenvalue weighted by atomic mass is 35.5. The molecule has 148 valence electrons. The number of aromatic nitrogens is 2. The van der Waals surface area contributed by atoms with Gasteiger partial charge in [-0.2, -0.15) is 0 Å². The summed E-state index contributed by atoms with van der Waals surface area (Å²) in [6, 6.07) is 23.1. The van der Waals surface area contributed by atoms with Crippen molar-refractivity contribution in [3.63, 3.8) is 0 Å². The van der Waals surface area contributed by atoms with Crippen molar-refractivity contribution in [1.82, 2.24) is 9.55 Å². The van der Waals surface area contributed by atoms with Gasteiger partial charge >= 0.3 is 5.56 Å². The van der Waals surface area contributed by atoms with Gasteiger partial charge in [-0.25, -0.2) is 4.98 Å². The maximum absolute atomic E-state index is 13.5. The van der Waals surface area contributed by atoms with Gasteiger partial charge in [0.05, 0.1) is 5.69 Å². The molecule has 2 aromatic heterocycles. The molecular weight excluding hydrogens is 416 g/mol. The maximum Gasteiger partial charge on any atom is 0.302 e. The van der Waals surface area contributed by atoms with Crippen LogP contribution >= 0.6 is 23.4 Å². The quantitative estimate of drug-likeness (QED) is 0.244. The first kappa shape index (κ1) is 19.0. The highest BCUT2D eigenvalue weighted by Gasteiger charge is 2.19. The highest BCUT2D eigenvalue weighted by Crippen LogP contribution is 2.30. The van der Waals surface area contributed by atoms with Crippen LogP contribution in [0.2, 0.25) is 5.02 Å². The molecule has 0 amide bonds. The van der Waals surface area contributed by atoms with E-state index in [0.717, 1.165) is 22.2 Å². The van der Waals surface area contributed by atoms with Crippen molar-refractivity contribution in [3.8, 4) is 5.69 Å². The number of thioether (sulfide) groups is 1. The summed E-state index contributed by atoms with van der Waals surface area (Å²) in [6.45, 7) is 1.98. The van der Waals surface area contributed by atoms with Crippen LogP contribution < -0.4 is 5.56 Å². The van der Waals surface area contributed by atoms with Gasteiger partial charge in [0.25, 0.3) is 0 Å². The number of furan rings is 1. The van der Waals surface area contributed by atoms with Crippen LogP contribution in [0.15, 0.2) is 87.2 Å². The third kappa shape index (κ3) is 3.30. The third-order valence-corrected chi connectivity index (χ3v) is 6.26. The van der Waals surface area contributed by atoms with Crippen LogP contribution in [0.3, 0.4) is 0 Å². The molecule has 0 bridgehead atoms. The molecule has 4 nitrogen and oxygen atoms in total. The second kappa shape index (κ2) is 7.67. The van der Waals surface area contributed by atoms with Crippen LogP contribution in [0.1, 0.15) is 11.1 Å². The number of halogens is 1. The Labute approximate surface area is 182 Å². The predicted octanol–water partition coefficient (Wildman–Crippen LogP) is 6.39. The van der Waals surface area contributed by atoms with Crippen LogP contribution in [-0.4, -0.2) is 9.55 Å². The minimum atomic E-state index is -0.205. The SMILES string of the molecule is Cc1ccccc1-n1c(SCc2ccc(Cl)cc2)nc2c(oc3ccccc32)c1=O. The van der Waals surface area contributed by atoms with Gasteiger partial charge in [0.1, 0.15) is 11.1 Å². The summed E-state index contributed by atoms with van der Waals surface area (Å²) < 4.78 is 7.55. The molecule has 5 rings (SSSR count). The Morgan fingerprint density at radius 3 is 2.53 bits per heavy atom. The number of hydrogen-bond acceptors (Lipinski definition) is 4. The Balaban J connectivity index is 1.72. The lowest BCUT2D eigenvalue weighted by molar-refractivity contribution is 0.649. The normalized spacial score (nSPS) is 11.4. The van der Waals surface area contributed by atoms with E-state index in [4.69, 9.17) is 21.0 Å². The average Bonchev–Trinajstić information content (AvgIpc) is 3.13. The Kier molecular flexibility index (Phi) is 4.85. The summed E-state index contributed by atoms with van der Waals surface area (Å²) in [5.74, 6) is 0.663. The fourth-order valence-electron chi connectivity index (χ4n) is 3.47. The summed E-state index contributed by atoms with van der Waals surface area (Å²) >= 11 is 7.52. The van der Waals surface area contributed by atoms with E-state index in [2.05, 4.69) is 0 Å². The maximum atomic E-state index is 13.5. The van der Waals surface area contributed by atoms with E-state index in [1.807, 2.05) is 79.7 Å². The molecule has 0 saturated heterocycles. The number of rotatable bonds is 4. The minimum Gasteiger partial charge on any atom is -0.448 e. The van der Waals surface area contributed by atoms with Crippen LogP contribution in [0, 0.1) is 6.92 Å². The summed E-state index contributed by atoms with van der Waals surface area (Å²) in [5, 5.41) is 2.17. The van der Waals surface area contributed by atoms with E-state index in [-0.39, 0.29) is 11.1 Å². The zero-order chi connectivity index (χ0) is 20.7. The molecule has 30 heavy (non-hydrogen) atoms. The van der Waals surface area contributed by atoms with E-state index in [1.54, 1.807) is 4.57 Å². The molecule has 0 atom stereocenters. The monoisotopic (exact) mass is 432 g/mol. The second-order valence-electron chi connectivity index (χ2n) is 7.01. The Morgan fingerprint density at radius 1 is 1.00 bits per heavy atom. The number of nitrogens with zero attached hydrogens (tertiary/aromatic N) is 2. The van der Waals surface area contributed by atoms with Crippen molar-refractivity contribution in [2.45, 2.75) is 17.8 Å². The summed E-state index contributed by atoms with van der Waals surface area (Å²) in [6.07, 6.45) is 0. The van der Waals surface area contributed by atoms with Gasteiger partial charge < -0.3 is 4.42 Å². The van der Waals surface area contributed by atoms with Crippen molar-refractivity contribution < 1.29 is 4.42 Å². The first-order valence-corrected chi connectivity index (χ1v) is 10.9. The van der Waals surface area contributed by atoms with Gasteiger partial charge in [-0.1, -0.05) is 65.8 Å². The van der Waals surface area contributed by atoms with Crippen LogP contribution in [-0.2, 0) is 5.75 Å². The third-order valence-electron chi connectivity index (χ3n) is 5.00. The molecule has 5 aromatic rings. The first-order valence-electron chi connectivity index (χ1n) is 9.49. The molecule has 0 radical (unpaired) electrons. The van der Waals surface area contributed by atoms with Crippen molar-refractivity contribution in [3.05, 3.63) is 99.3 Å². The Hall–Kier alpha value is -3.02. The van der Waals surface area contributed by atoms with Gasteiger partial charge in [0.2, 0.25) is 5.58 Å². The topological polar surface area (TPSA) is 48.0 Å². The molecule has 0 N–H and O–H groups in total. The zero-order valence-corrected chi connectivity index (χ0v) is 17.7. The van der Waals surface area contributed by atoms with Crippen molar-refractivity contribution in [2.75, 3.05) is 0 Å². The van der Waals surface area contributed by atoms with E-state index >= 15 is 0 Å². The number of aryl methyl sites for hydroxylation is 1. The Morgan fingerprint density at radius 2 is 1.73 bits per heavy atom. The lowest BCUT2D eigenvalue weighted by Gasteiger charge is -2.13. The number of para-hydroxylation sites is 2. The second-order valence-corrected chi connectivity index (χ2v) is 8.39. The van der Waals surface area contributed by atoms with Crippen LogP contribution in [0.25, 0.3) is 27.8 Å². The minimum absolute atomic E-state index is 0.205. The van der Waals surface area contributed by atoms with Crippen LogP contribution in [0.4, 0.5) is 0 Å². The molecule has 2 heterocycles. The molecule has 0 saturated carbocycles. The van der Waals surface area contributed by atoms with Gasteiger partial charge in [-0.05, 0) is 48.4 Å². The summed E-state index contributed by atoms with van der Waals surface area (Å²) in [4.78, 5) is 18.4. The summed E-state index contributed by atoms with van der Waals surface area (Å²) in [7, 11) is 0. The molecule has 0 aliphatic carbocycles. The molecule has 0 unspecified atom stereocenters. The smallest absolute Gasteiger partial charge is 0.302 e. The van der Waals surface area contributed by atoms with Gasteiger partial charge in [-0.15, -0.1) is 0 Å². The van der Waals surface area contributed by atoms with E-state index in [9.17, 15) is 4.79 Å². The van der Waals surface area contributed by atoms with Gasteiger partial charge in [0, 0.05) is 16.2 Å². The Bertz CT molecular complexity index is 1440. The fourth-order valence-corrected chi connectivity index (χ4v) is 4.55. The molecule has 6 heteroatoms. The molecule has 0 spiro atoms. The highest BCUT2D eigenvalue weighted by molar-refractivity contribution is 7.98. The molecular formula is C24H17ClN2O2S. The van der Waals surface area contributed by atoms with E-state index < -0.39 is 0 Å². The van der Waals surface area contributed by atoms with Crippen LogP contribution in [0.5, 0.6) is 0 Å². The largest absolute Gasteiger partial charge is 0.448 e. The fraction of sp³-hybridized carbons (Fsp3) is 0.0833. The molecule has 0 aliphatic heterocycles. The standard InChI is InChI=1S/C24H17ClN2O2S/c1-15-6-2-4-8-19(15)27-23(28)22-21(18-7-3-5-9-20(18)29-22)26-24(27)30-14-16-10-12-17(25)13-11-16/h2-13H,14H2,1H3.